The van der Waals surface area contributed by atoms with Gasteiger partial charge in [-0.1, -0.05) is 37.3 Å². The van der Waals surface area contributed by atoms with Crippen molar-refractivity contribution in [3.05, 3.63) is 65.5 Å². The fourth-order valence-corrected chi connectivity index (χ4v) is 3.62. The smallest absolute Gasteiger partial charge is 0.223 e. The average Bonchev–Trinajstić information content (AvgIpc) is 2.73. The molecule has 0 bridgehead atoms. The molecule has 2 unspecified atom stereocenters. The molecule has 2 aromatic carbocycles. The van der Waals surface area contributed by atoms with Crippen LogP contribution in [-0.4, -0.2) is 43.3 Å². The highest BCUT2D eigenvalue weighted by atomic mass is 35.5. The Morgan fingerprint density at radius 1 is 1.24 bits per heavy atom. The molecular formula is C22H26ClFN2O3. The topological polar surface area (TPSA) is 58.6 Å². The van der Waals surface area contributed by atoms with Crippen molar-refractivity contribution in [1.82, 2.24) is 10.2 Å². The highest BCUT2D eigenvalue weighted by molar-refractivity contribution is 5.99. The second-order valence-corrected chi connectivity index (χ2v) is 7.03. The minimum atomic E-state index is -0.525. The first-order valence-electron chi connectivity index (χ1n) is 9.44. The van der Waals surface area contributed by atoms with E-state index in [1.165, 1.54) is 18.2 Å². The van der Waals surface area contributed by atoms with E-state index in [0.29, 0.717) is 25.2 Å². The number of Topliss-reactive ketones (excluding diaryl/α,β-unsaturated/α-hetero) is 1. The lowest BCUT2D eigenvalue weighted by atomic mass is 9.94. The minimum absolute atomic E-state index is 0. The standard InChI is InChI=1S/C22H25FN2O3.ClH/c1-15(22(27)16-6-5-7-17(23)13-16)12-21(26)25-11-10-24-14-19(25)18-8-3-4-9-20(18)28-2;/h3-9,13,15,19,24H,10-12,14H2,1-2H3;1H. The van der Waals surface area contributed by atoms with E-state index >= 15 is 0 Å². The second kappa shape index (κ2) is 10.4. The summed E-state index contributed by atoms with van der Waals surface area (Å²) in [5, 5.41) is 3.32. The summed E-state index contributed by atoms with van der Waals surface area (Å²) in [5.41, 5.74) is 1.23. The summed E-state index contributed by atoms with van der Waals surface area (Å²) in [6.45, 7) is 3.59. The van der Waals surface area contributed by atoms with Gasteiger partial charge in [0.1, 0.15) is 11.6 Å². The van der Waals surface area contributed by atoms with Crippen LogP contribution in [0.4, 0.5) is 4.39 Å². The number of benzene rings is 2. The molecule has 7 heteroatoms. The van der Waals surface area contributed by atoms with Crippen LogP contribution in [0.15, 0.2) is 48.5 Å². The van der Waals surface area contributed by atoms with Crippen molar-refractivity contribution in [3.8, 4) is 5.75 Å². The van der Waals surface area contributed by atoms with E-state index in [1.54, 1.807) is 20.1 Å². The van der Waals surface area contributed by atoms with Crippen LogP contribution in [0.3, 0.4) is 0 Å². The average molecular weight is 421 g/mol. The molecule has 29 heavy (non-hydrogen) atoms. The number of halogens is 2. The van der Waals surface area contributed by atoms with E-state index in [9.17, 15) is 14.0 Å². The number of piperazine rings is 1. The third-order valence-electron chi connectivity index (χ3n) is 5.10. The number of ether oxygens (including phenoxy) is 1. The quantitative estimate of drug-likeness (QED) is 0.725. The zero-order chi connectivity index (χ0) is 20.1. The normalized spacial score (nSPS) is 17.2. The predicted molar refractivity (Wildman–Crippen MR) is 112 cm³/mol. The van der Waals surface area contributed by atoms with Crippen molar-refractivity contribution in [3.63, 3.8) is 0 Å². The highest BCUT2D eigenvalue weighted by Gasteiger charge is 2.31. The zero-order valence-corrected chi connectivity index (χ0v) is 17.4. The van der Waals surface area contributed by atoms with E-state index in [0.717, 1.165) is 11.3 Å². The molecule has 2 aromatic rings. The Bertz CT molecular complexity index is 861. The maximum atomic E-state index is 13.4. The van der Waals surface area contributed by atoms with Gasteiger partial charge in [0.15, 0.2) is 5.78 Å². The first-order chi connectivity index (χ1) is 13.5. The summed E-state index contributed by atoms with van der Waals surface area (Å²) in [6.07, 6.45) is 0.0843. The molecular weight excluding hydrogens is 395 g/mol. The Balaban J connectivity index is 0.00000300. The van der Waals surface area contributed by atoms with Gasteiger partial charge in [0.2, 0.25) is 5.91 Å². The Kier molecular flexibility index (Phi) is 8.17. The zero-order valence-electron chi connectivity index (χ0n) is 16.6. The van der Waals surface area contributed by atoms with Crippen LogP contribution < -0.4 is 10.1 Å². The van der Waals surface area contributed by atoms with E-state index in [4.69, 9.17) is 4.74 Å². The number of para-hydroxylation sites is 1. The van der Waals surface area contributed by atoms with Gasteiger partial charge in [0, 0.05) is 43.1 Å². The molecule has 3 rings (SSSR count). The molecule has 0 saturated carbocycles. The van der Waals surface area contributed by atoms with Gasteiger partial charge in [0.05, 0.1) is 13.2 Å². The SMILES string of the molecule is COc1ccccc1C1CNCCN1C(=O)CC(C)C(=O)c1cccc(F)c1.Cl. The Morgan fingerprint density at radius 2 is 2.00 bits per heavy atom. The van der Waals surface area contributed by atoms with Crippen LogP contribution >= 0.6 is 12.4 Å². The number of nitrogens with one attached hydrogen (secondary N) is 1. The number of methoxy groups -OCH3 is 1. The summed E-state index contributed by atoms with van der Waals surface area (Å²) < 4.78 is 18.9. The van der Waals surface area contributed by atoms with Crippen molar-refractivity contribution in [2.24, 2.45) is 5.92 Å². The van der Waals surface area contributed by atoms with Crippen LogP contribution in [0, 0.1) is 11.7 Å². The molecule has 1 N–H and O–H groups in total. The predicted octanol–water partition coefficient (Wildman–Crippen LogP) is 3.64. The monoisotopic (exact) mass is 420 g/mol. The maximum absolute atomic E-state index is 13.4. The van der Waals surface area contributed by atoms with E-state index in [2.05, 4.69) is 5.32 Å². The number of hydrogen-bond acceptors (Lipinski definition) is 4. The summed E-state index contributed by atoms with van der Waals surface area (Å²) in [6, 6.07) is 13.1. The van der Waals surface area contributed by atoms with Crippen molar-refractivity contribution < 1.29 is 18.7 Å². The largest absolute Gasteiger partial charge is 0.496 e. The third kappa shape index (κ3) is 5.34. The maximum Gasteiger partial charge on any atom is 0.223 e. The minimum Gasteiger partial charge on any atom is -0.496 e. The summed E-state index contributed by atoms with van der Waals surface area (Å²) in [5.74, 6) is -0.561. The Labute approximate surface area is 176 Å². The van der Waals surface area contributed by atoms with Gasteiger partial charge >= 0.3 is 0 Å². The van der Waals surface area contributed by atoms with Crippen LogP contribution in [-0.2, 0) is 4.79 Å². The van der Waals surface area contributed by atoms with Gasteiger partial charge in [-0.2, -0.15) is 0 Å². The van der Waals surface area contributed by atoms with Crippen molar-refractivity contribution >= 4 is 24.1 Å². The lowest BCUT2D eigenvalue weighted by Crippen LogP contribution is -2.49. The third-order valence-corrected chi connectivity index (χ3v) is 5.10. The van der Waals surface area contributed by atoms with Gasteiger partial charge < -0.3 is 15.0 Å². The molecule has 156 valence electrons. The lowest BCUT2D eigenvalue weighted by Gasteiger charge is -2.37. The molecule has 1 aliphatic rings. The second-order valence-electron chi connectivity index (χ2n) is 7.03. The molecule has 0 aliphatic carbocycles. The highest BCUT2D eigenvalue weighted by Crippen LogP contribution is 2.31. The molecule has 0 spiro atoms. The summed E-state index contributed by atoms with van der Waals surface area (Å²) in [4.78, 5) is 27.4. The van der Waals surface area contributed by atoms with Gasteiger partial charge in [-0.25, -0.2) is 4.39 Å². The van der Waals surface area contributed by atoms with Crippen LogP contribution in [0.25, 0.3) is 0 Å². The molecule has 1 amide bonds. The first-order valence-corrected chi connectivity index (χ1v) is 9.44. The number of carbonyl (C=O) groups excluding carboxylic acids is 2. The summed E-state index contributed by atoms with van der Waals surface area (Å²) in [7, 11) is 1.61. The fraction of sp³-hybridized carbons (Fsp3) is 0.364. The number of amides is 1. The molecule has 1 fully saturated rings. The van der Waals surface area contributed by atoms with Gasteiger partial charge in [-0.05, 0) is 18.2 Å². The van der Waals surface area contributed by atoms with Crippen LogP contribution in [0.5, 0.6) is 5.75 Å². The number of rotatable bonds is 6. The molecule has 2 atom stereocenters. The van der Waals surface area contributed by atoms with Crippen molar-refractivity contribution in [1.29, 1.82) is 0 Å². The Hall–Kier alpha value is -2.44. The van der Waals surface area contributed by atoms with Crippen molar-refractivity contribution in [2.75, 3.05) is 26.7 Å². The molecule has 1 heterocycles. The number of hydrogen-bond donors (Lipinski definition) is 1. The van der Waals surface area contributed by atoms with Gasteiger partial charge in [-0.3, -0.25) is 9.59 Å². The van der Waals surface area contributed by atoms with Gasteiger partial charge in [-0.15, -0.1) is 12.4 Å². The van der Waals surface area contributed by atoms with Crippen LogP contribution in [0.2, 0.25) is 0 Å². The number of ketones is 1. The Morgan fingerprint density at radius 3 is 2.72 bits per heavy atom. The van der Waals surface area contributed by atoms with E-state index in [1.807, 2.05) is 29.2 Å². The van der Waals surface area contributed by atoms with Crippen molar-refractivity contribution in [2.45, 2.75) is 19.4 Å². The molecule has 5 nitrogen and oxygen atoms in total. The summed E-state index contributed by atoms with van der Waals surface area (Å²) >= 11 is 0. The van der Waals surface area contributed by atoms with Crippen LogP contribution in [0.1, 0.15) is 35.3 Å². The first kappa shape index (κ1) is 22.8. The van der Waals surface area contributed by atoms with E-state index in [-0.39, 0.29) is 36.6 Å². The van der Waals surface area contributed by atoms with E-state index < -0.39 is 11.7 Å². The number of carbonyl (C=O) groups is 2. The fourth-order valence-electron chi connectivity index (χ4n) is 3.62. The lowest BCUT2D eigenvalue weighted by molar-refractivity contribution is -0.135. The molecule has 0 radical (unpaired) electrons. The molecule has 1 saturated heterocycles. The number of nitrogens with zero attached hydrogens (tertiary/aromatic N) is 1. The van der Waals surface area contributed by atoms with Gasteiger partial charge in [0.25, 0.3) is 0 Å². The molecule has 0 aromatic heterocycles. The molecule has 1 aliphatic heterocycles.